The highest BCUT2D eigenvalue weighted by atomic mass is 19.4. The Morgan fingerprint density at radius 3 is 2.19 bits per heavy atom. The average molecular weight is 233 g/mol. The smallest absolute Gasteiger partial charge is 0.369 e. The average Bonchev–Trinajstić information content (AvgIpc) is 2.16. The highest BCUT2D eigenvalue weighted by Crippen LogP contribution is 2.54. The van der Waals surface area contributed by atoms with Crippen molar-refractivity contribution in [3.8, 4) is 0 Å². The minimum atomic E-state index is -4.49. The number of primary amides is 1. The van der Waals surface area contributed by atoms with Gasteiger partial charge < -0.3 is 5.73 Å². The molecule has 0 radical (unpaired) electrons. The molecule has 0 aromatic rings. The van der Waals surface area contributed by atoms with Crippen LogP contribution in [-0.4, -0.2) is 12.1 Å². The number of alkyl halides is 3. The number of hydrogen-bond donors (Lipinski definition) is 1. The molecule has 1 aliphatic rings. The molecule has 0 aromatic carbocycles. The Labute approximate surface area is 92.0 Å². The third-order valence-corrected chi connectivity index (χ3v) is 3.33. The zero-order valence-electron chi connectivity index (χ0n) is 9.14. The molecule has 1 unspecified atom stereocenters. The number of allylic oxidation sites excluding steroid dienone is 3. The molecule has 0 fully saturated rings. The summed E-state index contributed by atoms with van der Waals surface area (Å²) < 4.78 is 38.9. The second kappa shape index (κ2) is 3.64. The maximum atomic E-state index is 13.0. The first-order valence-electron chi connectivity index (χ1n) is 4.86. The summed E-state index contributed by atoms with van der Waals surface area (Å²) in [5.74, 6) is -0.949. The van der Waals surface area contributed by atoms with Crippen LogP contribution in [0, 0.1) is 10.8 Å². The van der Waals surface area contributed by atoms with Gasteiger partial charge in [-0.1, -0.05) is 24.3 Å². The van der Waals surface area contributed by atoms with Crippen molar-refractivity contribution in [2.75, 3.05) is 0 Å². The molecule has 0 bridgehead atoms. The van der Waals surface area contributed by atoms with Gasteiger partial charge in [0.2, 0.25) is 5.91 Å². The first kappa shape index (κ1) is 12.8. The number of nitrogens with two attached hydrogens (primary N) is 1. The lowest BCUT2D eigenvalue weighted by Gasteiger charge is -2.43. The van der Waals surface area contributed by atoms with Crippen molar-refractivity contribution in [3.63, 3.8) is 0 Å². The summed E-state index contributed by atoms with van der Waals surface area (Å²) in [7, 11) is 0. The second-order valence-corrected chi connectivity index (χ2v) is 4.45. The first-order chi connectivity index (χ1) is 7.15. The molecule has 1 amide bonds. The predicted octanol–water partition coefficient (Wildman–Crippen LogP) is 2.56. The summed E-state index contributed by atoms with van der Waals surface area (Å²) >= 11 is 0. The van der Waals surface area contributed by atoms with Crippen molar-refractivity contribution in [2.45, 2.75) is 26.4 Å². The van der Waals surface area contributed by atoms with E-state index in [4.69, 9.17) is 5.73 Å². The van der Waals surface area contributed by atoms with Crippen molar-refractivity contribution in [2.24, 2.45) is 16.6 Å². The summed E-state index contributed by atoms with van der Waals surface area (Å²) in [6.45, 7) is 2.00. The number of rotatable bonds is 2. The number of hydrogen-bond acceptors (Lipinski definition) is 1. The molecule has 0 spiro atoms. The molecule has 2 N–H and O–H groups in total. The van der Waals surface area contributed by atoms with Crippen molar-refractivity contribution in [1.29, 1.82) is 0 Å². The first-order valence-corrected chi connectivity index (χ1v) is 4.86. The molecule has 5 heteroatoms. The fourth-order valence-electron chi connectivity index (χ4n) is 1.83. The minimum absolute atomic E-state index is 0.0225. The van der Waals surface area contributed by atoms with Crippen LogP contribution in [0.3, 0.4) is 0 Å². The molecular formula is C11H14F3NO. The van der Waals surface area contributed by atoms with Crippen LogP contribution in [0.15, 0.2) is 24.3 Å². The molecule has 90 valence electrons. The van der Waals surface area contributed by atoms with Crippen LogP contribution in [-0.2, 0) is 4.79 Å². The van der Waals surface area contributed by atoms with Gasteiger partial charge in [0.15, 0.2) is 0 Å². The van der Waals surface area contributed by atoms with Crippen LogP contribution >= 0.6 is 0 Å². The van der Waals surface area contributed by atoms with Gasteiger partial charge in [0.05, 0.1) is 10.8 Å². The highest BCUT2D eigenvalue weighted by molar-refractivity contribution is 5.84. The lowest BCUT2D eigenvalue weighted by molar-refractivity contribution is -0.241. The lowest BCUT2D eigenvalue weighted by Crippen LogP contribution is -2.54. The quantitative estimate of drug-likeness (QED) is 0.782. The third kappa shape index (κ3) is 1.64. The van der Waals surface area contributed by atoms with E-state index < -0.39 is 22.9 Å². The van der Waals surface area contributed by atoms with Gasteiger partial charge in [-0.15, -0.1) is 0 Å². The molecule has 0 heterocycles. The standard InChI is InChI=1S/C11H14F3NO/c1-9(2,11(12,13)14)10(8(15)16)6-4-3-5-7-10/h3-6H,7H2,1-2H3,(H2,15,16). The van der Waals surface area contributed by atoms with Crippen LogP contribution in [0.5, 0.6) is 0 Å². The molecule has 2 nitrogen and oxygen atoms in total. The summed E-state index contributed by atoms with van der Waals surface area (Å²) in [5.41, 5.74) is 1.28. The molecule has 0 aliphatic heterocycles. The number of halogens is 3. The van der Waals surface area contributed by atoms with Crippen molar-refractivity contribution < 1.29 is 18.0 Å². The predicted molar refractivity (Wildman–Crippen MR) is 54.4 cm³/mol. The molecule has 1 rings (SSSR count). The van der Waals surface area contributed by atoms with Crippen LogP contribution in [0.1, 0.15) is 20.3 Å². The monoisotopic (exact) mass is 233 g/mol. The molecule has 0 saturated carbocycles. The van der Waals surface area contributed by atoms with Gasteiger partial charge in [-0.3, -0.25) is 4.79 Å². The normalized spacial score (nSPS) is 25.8. The Bertz CT molecular complexity index is 355. The van der Waals surface area contributed by atoms with Gasteiger partial charge in [0.25, 0.3) is 0 Å². The van der Waals surface area contributed by atoms with Gasteiger partial charge in [-0.25, -0.2) is 0 Å². The van der Waals surface area contributed by atoms with Crippen LogP contribution in [0.4, 0.5) is 13.2 Å². The Kier molecular flexibility index (Phi) is 2.92. The topological polar surface area (TPSA) is 43.1 Å². The number of carbonyl (C=O) groups is 1. The van der Waals surface area contributed by atoms with Crippen molar-refractivity contribution in [3.05, 3.63) is 24.3 Å². The van der Waals surface area contributed by atoms with Gasteiger partial charge in [-0.2, -0.15) is 13.2 Å². The van der Waals surface area contributed by atoms with E-state index in [1.807, 2.05) is 0 Å². The Balaban J connectivity index is 3.29. The zero-order valence-corrected chi connectivity index (χ0v) is 9.14. The molecule has 0 saturated heterocycles. The fourth-order valence-corrected chi connectivity index (χ4v) is 1.83. The van der Waals surface area contributed by atoms with E-state index in [-0.39, 0.29) is 6.42 Å². The van der Waals surface area contributed by atoms with Crippen molar-refractivity contribution >= 4 is 5.91 Å². The summed E-state index contributed by atoms with van der Waals surface area (Å²) in [5, 5.41) is 0. The van der Waals surface area contributed by atoms with E-state index in [1.54, 1.807) is 6.08 Å². The van der Waals surface area contributed by atoms with Gasteiger partial charge in [0, 0.05) is 0 Å². The second-order valence-electron chi connectivity index (χ2n) is 4.45. The SMILES string of the molecule is CC(C)(C(F)(F)F)C1(C(N)=O)C=CC=CC1. The van der Waals surface area contributed by atoms with E-state index in [9.17, 15) is 18.0 Å². The highest BCUT2D eigenvalue weighted by Gasteiger charge is 2.62. The van der Waals surface area contributed by atoms with Crippen molar-refractivity contribution in [1.82, 2.24) is 0 Å². The zero-order chi connectivity index (χ0) is 12.6. The van der Waals surface area contributed by atoms with E-state index in [0.29, 0.717) is 0 Å². The van der Waals surface area contributed by atoms with E-state index in [0.717, 1.165) is 13.8 Å². The molecule has 0 aromatic heterocycles. The Morgan fingerprint density at radius 1 is 1.31 bits per heavy atom. The number of amides is 1. The molecule has 1 atom stereocenters. The molecular weight excluding hydrogens is 219 g/mol. The third-order valence-electron chi connectivity index (χ3n) is 3.33. The van der Waals surface area contributed by atoms with Crippen LogP contribution < -0.4 is 5.73 Å². The van der Waals surface area contributed by atoms with Gasteiger partial charge in [-0.05, 0) is 20.3 Å². The maximum absolute atomic E-state index is 13.0. The Hall–Kier alpha value is -1.26. The summed E-state index contributed by atoms with van der Waals surface area (Å²) in [6.07, 6.45) is 1.30. The van der Waals surface area contributed by atoms with Crippen LogP contribution in [0.25, 0.3) is 0 Å². The van der Waals surface area contributed by atoms with Gasteiger partial charge in [0.1, 0.15) is 0 Å². The summed E-state index contributed by atoms with van der Waals surface area (Å²) in [4.78, 5) is 11.4. The largest absolute Gasteiger partial charge is 0.395 e. The van der Waals surface area contributed by atoms with Crippen LogP contribution in [0.2, 0.25) is 0 Å². The molecule has 1 aliphatic carbocycles. The summed E-state index contributed by atoms with van der Waals surface area (Å²) in [6, 6.07) is 0. The van der Waals surface area contributed by atoms with E-state index in [2.05, 4.69) is 0 Å². The van der Waals surface area contributed by atoms with E-state index >= 15 is 0 Å². The Morgan fingerprint density at radius 2 is 1.88 bits per heavy atom. The van der Waals surface area contributed by atoms with E-state index in [1.165, 1.54) is 18.2 Å². The van der Waals surface area contributed by atoms with Gasteiger partial charge >= 0.3 is 6.18 Å². The number of carbonyl (C=O) groups excluding carboxylic acids is 1. The lowest BCUT2D eigenvalue weighted by atomic mass is 9.61. The minimum Gasteiger partial charge on any atom is -0.369 e. The molecule has 16 heavy (non-hydrogen) atoms. The fraction of sp³-hybridized carbons (Fsp3) is 0.545. The maximum Gasteiger partial charge on any atom is 0.395 e.